The highest BCUT2D eigenvalue weighted by molar-refractivity contribution is 5.57. The number of aliphatic hydroxyl groups is 3. The average Bonchev–Trinajstić information content (AvgIpc) is 3.01. The van der Waals surface area contributed by atoms with E-state index in [-0.39, 0.29) is 6.61 Å². The zero-order valence-electron chi connectivity index (χ0n) is 12.1. The van der Waals surface area contributed by atoms with Crippen molar-refractivity contribution >= 4 is 0 Å². The minimum absolute atomic E-state index is 0.324. The molecule has 22 heavy (non-hydrogen) atoms. The Kier molecular flexibility index (Phi) is 4.21. The van der Waals surface area contributed by atoms with Gasteiger partial charge in [0.1, 0.15) is 30.0 Å². The van der Waals surface area contributed by atoms with Crippen molar-refractivity contribution in [3.05, 3.63) is 36.5 Å². The summed E-state index contributed by atoms with van der Waals surface area (Å²) >= 11 is 0. The van der Waals surface area contributed by atoms with E-state index in [1.54, 1.807) is 13.1 Å². The molecule has 1 fully saturated rings. The normalized spacial score (nSPS) is 32.1. The Balaban J connectivity index is 1.91. The molecule has 1 aromatic carbocycles. The standard InChI is InChI=1S/C15H19N3O4/c1-9-14(20)13(15(21)12(8-19)22-9)18-7-11(16-17-18)10-5-3-2-4-6-10/h2-7,9,12-15,19-21H,8H2,1H3/t9-,12-,13-,14+,15+/m1/s1. The number of nitrogens with zero attached hydrogens (tertiary/aromatic N) is 3. The summed E-state index contributed by atoms with van der Waals surface area (Å²) in [6.07, 6.45) is -1.61. The Labute approximate surface area is 127 Å². The molecule has 0 bridgehead atoms. The van der Waals surface area contributed by atoms with Gasteiger partial charge < -0.3 is 20.1 Å². The highest BCUT2D eigenvalue weighted by Gasteiger charge is 2.44. The molecule has 2 heterocycles. The van der Waals surface area contributed by atoms with Crippen LogP contribution in [-0.4, -0.2) is 61.3 Å². The summed E-state index contributed by atoms with van der Waals surface area (Å²) in [4.78, 5) is 0. The monoisotopic (exact) mass is 305 g/mol. The third-order valence-electron chi connectivity index (χ3n) is 4.02. The van der Waals surface area contributed by atoms with E-state index in [2.05, 4.69) is 10.3 Å². The van der Waals surface area contributed by atoms with Crippen molar-refractivity contribution in [1.82, 2.24) is 15.0 Å². The third kappa shape index (κ3) is 2.64. The Morgan fingerprint density at radius 2 is 1.91 bits per heavy atom. The molecule has 3 rings (SSSR count). The second kappa shape index (κ2) is 6.13. The minimum Gasteiger partial charge on any atom is -0.394 e. The van der Waals surface area contributed by atoms with Crippen LogP contribution in [0.4, 0.5) is 0 Å². The lowest BCUT2D eigenvalue weighted by Crippen LogP contribution is -2.55. The van der Waals surface area contributed by atoms with E-state index in [1.807, 2.05) is 30.3 Å². The van der Waals surface area contributed by atoms with Crippen LogP contribution in [0.25, 0.3) is 11.3 Å². The molecular formula is C15H19N3O4. The Hall–Kier alpha value is -1.80. The molecule has 1 aliphatic rings. The fraction of sp³-hybridized carbons (Fsp3) is 0.467. The third-order valence-corrected chi connectivity index (χ3v) is 4.02. The Morgan fingerprint density at radius 1 is 1.18 bits per heavy atom. The van der Waals surface area contributed by atoms with Crippen molar-refractivity contribution in [2.24, 2.45) is 0 Å². The first-order valence-corrected chi connectivity index (χ1v) is 7.21. The maximum atomic E-state index is 10.3. The minimum atomic E-state index is -1.07. The molecule has 1 saturated heterocycles. The maximum absolute atomic E-state index is 10.3. The van der Waals surface area contributed by atoms with Gasteiger partial charge in [-0.2, -0.15) is 0 Å². The molecule has 0 saturated carbocycles. The van der Waals surface area contributed by atoms with Crippen LogP contribution in [0.2, 0.25) is 0 Å². The fourth-order valence-electron chi connectivity index (χ4n) is 2.76. The highest BCUT2D eigenvalue weighted by Crippen LogP contribution is 2.30. The summed E-state index contributed by atoms with van der Waals surface area (Å²) < 4.78 is 6.84. The molecule has 0 aliphatic carbocycles. The van der Waals surface area contributed by atoms with Crippen molar-refractivity contribution in [3.63, 3.8) is 0 Å². The van der Waals surface area contributed by atoms with Crippen molar-refractivity contribution in [2.45, 2.75) is 37.4 Å². The fourth-order valence-corrected chi connectivity index (χ4v) is 2.76. The number of aromatic nitrogens is 3. The molecule has 0 unspecified atom stereocenters. The average molecular weight is 305 g/mol. The van der Waals surface area contributed by atoms with E-state index in [0.717, 1.165) is 5.56 Å². The Morgan fingerprint density at radius 3 is 2.59 bits per heavy atom. The summed E-state index contributed by atoms with van der Waals surface area (Å²) in [6.45, 7) is 1.37. The van der Waals surface area contributed by atoms with Crippen molar-refractivity contribution in [2.75, 3.05) is 6.61 Å². The zero-order valence-corrected chi connectivity index (χ0v) is 12.1. The molecule has 7 nitrogen and oxygen atoms in total. The lowest BCUT2D eigenvalue weighted by atomic mass is 9.93. The number of rotatable bonds is 3. The maximum Gasteiger partial charge on any atom is 0.113 e. The number of benzene rings is 1. The lowest BCUT2D eigenvalue weighted by Gasteiger charge is -2.40. The number of hydrogen-bond acceptors (Lipinski definition) is 6. The summed E-state index contributed by atoms with van der Waals surface area (Å²) in [5.74, 6) is 0. The van der Waals surface area contributed by atoms with Gasteiger partial charge in [0.15, 0.2) is 0 Å². The summed E-state index contributed by atoms with van der Waals surface area (Å²) in [6, 6.07) is 8.81. The highest BCUT2D eigenvalue weighted by atomic mass is 16.5. The first-order chi connectivity index (χ1) is 10.6. The molecule has 118 valence electrons. The van der Waals surface area contributed by atoms with Gasteiger partial charge in [0, 0.05) is 5.56 Å². The Bertz CT molecular complexity index is 618. The molecular weight excluding hydrogens is 286 g/mol. The van der Waals surface area contributed by atoms with Gasteiger partial charge in [-0.05, 0) is 6.92 Å². The van der Waals surface area contributed by atoms with Crippen LogP contribution in [0.1, 0.15) is 13.0 Å². The molecule has 3 N–H and O–H groups in total. The van der Waals surface area contributed by atoms with Crippen LogP contribution in [0.3, 0.4) is 0 Å². The molecule has 0 amide bonds. The van der Waals surface area contributed by atoms with Crippen LogP contribution in [0.5, 0.6) is 0 Å². The van der Waals surface area contributed by atoms with E-state index in [9.17, 15) is 15.3 Å². The van der Waals surface area contributed by atoms with Crippen molar-refractivity contribution < 1.29 is 20.1 Å². The summed E-state index contributed by atoms with van der Waals surface area (Å²) in [5, 5.41) is 38.0. The van der Waals surface area contributed by atoms with Crippen molar-refractivity contribution in [1.29, 1.82) is 0 Å². The number of aliphatic hydroxyl groups excluding tert-OH is 3. The van der Waals surface area contributed by atoms with E-state index in [4.69, 9.17) is 4.74 Å². The first-order valence-electron chi connectivity index (χ1n) is 7.21. The van der Waals surface area contributed by atoms with Gasteiger partial charge in [-0.15, -0.1) is 5.10 Å². The van der Waals surface area contributed by atoms with E-state index in [1.165, 1.54) is 4.68 Å². The predicted octanol–water partition coefficient (Wildman–Crippen LogP) is -0.0124. The molecule has 0 spiro atoms. The van der Waals surface area contributed by atoms with Gasteiger partial charge in [0.2, 0.25) is 0 Å². The molecule has 5 atom stereocenters. The van der Waals surface area contributed by atoms with Gasteiger partial charge in [-0.25, -0.2) is 4.68 Å². The second-order valence-electron chi connectivity index (χ2n) is 5.48. The number of ether oxygens (including phenoxy) is 1. The topological polar surface area (TPSA) is 101 Å². The van der Waals surface area contributed by atoms with Crippen molar-refractivity contribution in [3.8, 4) is 11.3 Å². The molecule has 0 radical (unpaired) electrons. The predicted molar refractivity (Wildman–Crippen MR) is 77.9 cm³/mol. The van der Waals surface area contributed by atoms with Gasteiger partial charge in [0.25, 0.3) is 0 Å². The second-order valence-corrected chi connectivity index (χ2v) is 5.48. The van der Waals surface area contributed by atoms with Gasteiger partial charge in [0.05, 0.1) is 18.9 Å². The summed E-state index contributed by atoms with van der Waals surface area (Å²) in [5.41, 5.74) is 1.55. The molecule has 1 aliphatic heterocycles. The SMILES string of the molecule is C[C@H]1O[C@H](CO)[C@H](O)[C@H](n2cc(-c3ccccc3)nn2)[C@H]1O. The number of hydrogen-bond donors (Lipinski definition) is 3. The van der Waals surface area contributed by atoms with E-state index < -0.39 is 30.5 Å². The van der Waals surface area contributed by atoms with Crippen LogP contribution >= 0.6 is 0 Å². The van der Waals surface area contributed by atoms with E-state index in [0.29, 0.717) is 5.69 Å². The van der Waals surface area contributed by atoms with Crippen LogP contribution < -0.4 is 0 Å². The largest absolute Gasteiger partial charge is 0.394 e. The van der Waals surface area contributed by atoms with Crippen LogP contribution in [0, 0.1) is 0 Å². The summed E-state index contributed by atoms with van der Waals surface area (Å²) in [7, 11) is 0. The lowest BCUT2D eigenvalue weighted by molar-refractivity contribution is -0.199. The van der Waals surface area contributed by atoms with Crippen LogP contribution in [-0.2, 0) is 4.74 Å². The molecule has 7 heteroatoms. The molecule has 2 aromatic rings. The van der Waals surface area contributed by atoms with Gasteiger partial charge in [-0.1, -0.05) is 35.5 Å². The smallest absolute Gasteiger partial charge is 0.113 e. The first kappa shape index (κ1) is 15.1. The zero-order chi connectivity index (χ0) is 15.7. The van der Waals surface area contributed by atoms with Gasteiger partial charge >= 0.3 is 0 Å². The quantitative estimate of drug-likeness (QED) is 0.737. The van der Waals surface area contributed by atoms with Crippen LogP contribution in [0.15, 0.2) is 36.5 Å². The molecule has 1 aromatic heterocycles. The van der Waals surface area contributed by atoms with Gasteiger partial charge in [-0.3, -0.25) is 0 Å². The van der Waals surface area contributed by atoms with E-state index >= 15 is 0 Å².